The number of rotatable bonds is 1. The number of nitrogens with one attached hydrogen (secondary N) is 1. The second kappa shape index (κ2) is 3.88. The molecule has 0 amide bonds. The second-order valence-corrected chi connectivity index (χ2v) is 3.86. The quantitative estimate of drug-likeness (QED) is 0.588. The summed E-state index contributed by atoms with van der Waals surface area (Å²) in [5, 5.41) is 12.7. The molecule has 3 nitrogen and oxygen atoms in total. The van der Waals surface area contributed by atoms with E-state index in [1.54, 1.807) is 6.07 Å². The molecule has 0 aliphatic carbocycles. The molecule has 0 spiro atoms. The normalized spacial score (nSPS) is 20.8. The minimum absolute atomic E-state index is 0.336. The van der Waals surface area contributed by atoms with E-state index in [1.807, 2.05) is 12.1 Å². The first-order valence-electron chi connectivity index (χ1n) is 5.05. The van der Waals surface area contributed by atoms with Crippen LogP contribution in [0.4, 0.5) is 5.69 Å². The Morgan fingerprint density at radius 2 is 2.36 bits per heavy atom. The van der Waals surface area contributed by atoms with Crippen molar-refractivity contribution in [2.45, 2.75) is 12.8 Å². The van der Waals surface area contributed by atoms with Crippen LogP contribution in [0.15, 0.2) is 18.2 Å². The van der Waals surface area contributed by atoms with Crippen molar-refractivity contribution in [2.75, 3.05) is 18.4 Å². The number of hydrogen-bond acceptors (Lipinski definition) is 3. The highest BCUT2D eigenvalue weighted by atomic mass is 16.3. The van der Waals surface area contributed by atoms with E-state index in [0.717, 1.165) is 31.6 Å². The highest BCUT2D eigenvalue weighted by Crippen LogP contribution is 2.27. The zero-order chi connectivity index (χ0) is 9.97. The first-order chi connectivity index (χ1) is 6.79. The Hall–Kier alpha value is -1.22. The number of nitrogens with two attached hydrogens (primary N) is 1. The molecule has 4 N–H and O–H groups in total. The summed E-state index contributed by atoms with van der Waals surface area (Å²) in [4.78, 5) is 0. The molecule has 1 heterocycles. The Balaban J connectivity index is 2.28. The lowest BCUT2D eigenvalue weighted by Gasteiger charge is -2.10. The molecule has 1 aromatic rings. The molecule has 1 atom stereocenters. The van der Waals surface area contributed by atoms with Gasteiger partial charge in [-0.15, -0.1) is 0 Å². The van der Waals surface area contributed by atoms with Gasteiger partial charge in [0.2, 0.25) is 0 Å². The maximum Gasteiger partial charge on any atom is 0.116 e. The third-order valence-corrected chi connectivity index (χ3v) is 2.80. The largest absolute Gasteiger partial charge is 0.508 e. The standard InChI is InChI=1S/C11H16N2O/c12-7-8-3-4-13-11-2-1-10(14)6-9(11)5-8/h1-2,6,8,13-14H,3-5,7,12H2. The number of hydrogen-bond donors (Lipinski definition) is 3. The van der Waals surface area contributed by atoms with E-state index < -0.39 is 0 Å². The molecule has 0 aromatic heterocycles. The fraction of sp³-hybridized carbons (Fsp3) is 0.455. The predicted octanol–water partition coefficient (Wildman–Crippen LogP) is 1.33. The molecule has 0 saturated heterocycles. The van der Waals surface area contributed by atoms with Gasteiger partial charge in [-0.3, -0.25) is 0 Å². The Morgan fingerprint density at radius 3 is 3.14 bits per heavy atom. The molecule has 1 aliphatic heterocycles. The van der Waals surface area contributed by atoms with Crippen molar-refractivity contribution in [2.24, 2.45) is 11.7 Å². The third kappa shape index (κ3) is 1.82. The molecule has 1 aromatic carbocycles. The number of aromatic hydroxyl groups is 1. The minimum Gasteiger partial charge on any atom is -0.508 e. The van der Waals surface area contributed by atoms with E-state index in [1.165, 1.54) is 5.56 Å². The van der Waals surface area contributed by atoms with Gasteiger partial charge in [0.25, 0.3) is 0 Å². The average Bonchev–Trinajstić information content (AvgIpc) is 2.38. The van der Waals surface area contributed by atoms with Crippen LogP contribution < -0.4 is 11.1 Å². The molecule has 14 heavy (non-hydrogen) atoms. The van der Waals surface area contributed by atoms with Crippen molar-refractivity contribution in [3.63, 3.8) is 0 Å². The molecule has 1 aliphatic rings. The van der Waals surface area contributed by atoms with Gasteiger partial charge < -0.3 is 16.2 Å². The molecule has 0 fully saturated rings. The van der Waals surface area contributed by atoms with Crippen LogP contribution in [0, 0.1) is 5.92 Å². The van der Waals surface area contributed by atoms with Gasteiger partial charge >= 0.3 is 0 Å². The lowest BCUT2D eigenvalue weighted by atomic mass is 9.97. The Morgan fingerprint density at radius 1 is 1.50 bits per heavy atom. The summed E-state index contributed by atoms with van der Waals surface area (Å²) in [5.74, 6) is 0.869. The van der Waals surface area contributed by atoms with Crippen molar-refractivity contribution in [3.8, 4) is 5.75 Å². The zero-order valence-electron chi connectivity index (χ0n) is 8.16. The molecule has 0 saturated carbocycles. The van der Waals surface area contributed by atoms with Gasteiger partial charge in [0.05, 0.1) is 0 Å². The molecule has 2 rings (SSSR count). The fourth-order valence-corrected chi connectivity index (χ4v) is 1.95. The number of phenols is 1. The third-order valence-electron chi connectivity index (χ3n) is 2.80. The van der Waals surface area contributed by atoms with Crippen molar-refractivity contribution >= 4 is 5.69 Å². The zero-order valence-corrected chi connectivity index (χ0v) is 8.16. The van der Waals surface area contributed by atoms with Crippen LogP contribution in [-0.2, 0) is 6.42 Å². The van der Waals surface area contributed by atoms with Crippen LogP contribution in [-0.4, -0.2) is 18.2 Å². The van der Waals surface area contributed by atoms with E-state index in [4.69, 9.17) is 5.73 Å². The number of phenolic OH excluding ortho intramolecular Hbond substituents is 1. The fourth-order valence-electron chi connectivity index (χ4n) is 1.95. The molecular weight excluding hydrogens is 176 g/mol. The summed E-state index contributed by atoms with van der Waals surface area (Å²) in [6.45, 7) is 1.69. The topological polar surface area (TPSA) is 58.3 Å². The number of anilines is 1. The molecule has 3 heteroatoms. The number of benzene rings is 1. The first kappa shape index (κ1) is 9.34. The summed E-state index contributed by atoms with van der Waals surface area (Å²) in [5.41, 5.74) is 7.99. The van der Waals surface area contributed by atoms with Gasteiger partial charge in [0.15, 0.2) is 0 Å². The summed E-state index contributed by atoms with van der Waals surface area (Å²) in [6.07, 6.45) is 2.07. The Kier molecular flexibility index (Phi) is 2.59. The van der Waals surface area contributed by atoms with Crippen LogP contribution in [0.1, 0.15) is 12.0 Å². The van der Waals surface area contributed by atoms with E-state index in [-0.39, 0.29) is 0 Å². The molecule has 76 valence electrons. The Bertz CT molecular complexity index is 325. The van der Waals surface area contributed by atoms with E-state index in [0.29, 0.717) is 11.7 Å². The highest BCUT2D eigenvalue weighted by Gasteiger charge is 2.15. The van der Waals surface area contributed by atoms with Gasteiger partial charge in [-0.05, 0) is 49.1 Å². The molecule has 1 unspecified atom stereocenters. The maximum atomic E-state index is 9.38. The van der Waals surface area contributed by atoms with E-state index >= 15 is 0 Å². The molecular formula is C11H16N2O. The summed E-state index contributed by atoms with van der Waals surface area (Å²) in [6, 6.07) is 5.48. The van der Waals surface area contributed by atoms with Crippen LogP contribution in [0.5, 0.6) is 5.75 Å². The number of fused-ring (bicyclic) bond motifs is 1. The van der Waals surface area contributed by atoms with E-state index in [9.17, 15) is 5.11 Å². The van der Waals surface area contributed by atoms with Crippen molar-refractivity contribution in [1.29, 1.82) is 0 Å². The van der Waals surface area contributed by atoms with Gasteiger partial charge in [0, 0.05) is 12.2 Å². The van der Waals surface area contributed by atoms with Crippen molar-refractivity contribution in [3.05, 3.63) is 23.8 Å². The van der Waals surface area contributed by atoms with Gasteiger partial charge in [-0.25, -0.2) is 0 Å². The minimum atomic E-state index is 0.336. The smallest absolute Gasteiger partial charge is 0.116 e. The summed E-state index contributed by atoms with van der Waals surface area (Å²) in [7, 11) is 0. The van der Waals surface area contributed by atoms with E-state index in [2.05, 4.69) is 5.32 Å². The summed E-state index contributed by atoms with van der Waals surface area (Å²) < 4.78 is 0. The van der Waals surface area contributed by atoms with Crippen LogP contribution in [0.25, 0.3) is 0 Å². The van der Waals surface area contributed by atoms with Gasteiger partial charge in [0.1, 0.15) is 5.75 Å². The van der Waals surface area contributed by atoms with Gasteiger partial charge in [-0.1, -0.05) is 0 Å². The van der Waals surface area contributed by atoms with Crippen LogP contribution in [0.2, 0.25) is 0 Å². The van der Waals surface area contributed by atoms with Gasteiger partial charge in [-0.2, -0.15) is 0 Å². The Labute approximate surface area is 83.9 Å². The first-order valence-corrected chi connectivity index (χ1v) is 5.05. The monoisotopic (exact) mass is 192 g/mol. The van der Waals surface area contributed by atoms with Crippen molar-refractivity contribution < 1.29 is 5.11 Å². The molecule has 0 radical (unpaired) electrons. The predicted molar refractivity (Wildman–Crippen MR) is 57.5 cm³/mol. The highest BCUT2D eigenvalue weighted by molar-refractivity contribution is 5.54. The van der Waals surface area contributed by atoms with Crippen molar-refractivity contribution in [1.82, 2.24) is 0 Å². The lowest BCUT2D eigenvalue weighted by molar-refractivity contribution is 0.472. The second-order valence-electron chi connectivity index (χ2n) is 3.86. The van der Waals surface area contributed by atoms with Crippen LogP contribution >= 0.6 is 0 Å². The summed E-state index contributed by atoms with van der Waals surface area (Å²) >= 11 is 0. The average molecular weight is 192 g/mol. The molecule has 0 bridgehead atoms. The van der Waals surface area contributed by atoms with Crippen LogP contribution in [0.3, 0.4) is 0 Å². The maximum absolute atomic E-state index is 9.38. The SMILES string of the molecule is NCC1CCNc2ccc(O)cc2C1. The lowest BCUT2D eigenvalue weighted by Crippen LogP contribution is -2.17.